The first-order chi connectivity index (χ1) is 9.09. The lowest BCUT2D eigenvalue weighted by atomic mass is 9.94. The molecule has 1 atom stereocenters. The molecule has 0 heterocycles. The van der Waals surface area contributed by atoms with Crippen molar-refractivity contribution in [3.05, 3.63) is 30.1 Å². The van der Waals surface area contributed by atoms with Crippen molar-refractivity contribution in [2.75, 3.05) is 11.9 Å². The summed E-state index contributed by atoms with van der Waals surface area (Å²) < 4.78 is 13.1. The number of aliphatic hydroxyl groups excluding tert-OH is 1. The standard InChI is InChI=1S/C16H26FNO/c1-3-4-5-6-7-11-16(2,13-19)18-15-10-8-9-14(17)12-15/h8-10,12,18-19H,3-7,11,13H2,1-2H3. The van der Waals surface area contributed by atoms with Gasteiger partial charge in [-0.25, -0.2) is 4.39 Å². The molecule has 0 saturated carbocycles. The number of anilines is 1. The largest absolute Gasteiger partial charge is 0.394 e. The van der Waals surface area contributed by atoms with Gasteiger partial charge in [-0.3, -0.25) is 0 Å². The van der Waals surface area contributed by atoms with Crippen LogP contribution in [0, 0.1) is 5.82 Å². The van der Waals surface area contributed by atoms with E-state index >= 15 is 0 Å². The van der Waals surface area contributed by atoms with Crippen molar-refractivity contribution < 1.29 is 9.50 Å². The van der Waals surface area contributed by atoms with Gasteiger partial charge in [-0.1, -0.05) is 45.1 Å². The number of aliphatic hydroxyl groups is 1. The van der Waals surface area contributed by atoms with Crippen LogP contribution in [0.25, 0.3) is 0 Å². The fourth-order valence-electron chi connectivity index (χ4n) is 2.21. The van der Waals surface area contributed by atoms with E-state index in [1.165, 1.54) is 37.8 Å². The Balaban J connectivity index is 2.45. The SMILES string of the molecule is CCCCCCCC(C)(CO)Nc1cccc(F)c1. The summed E-state index contributed by atoms with van der Waals surface area (Å²) in [4.78, 5) is 0. The van der Waals surface area contributed by atoms with Crippen molar-refractivity contribution in [2.24, 2.45) is 0 Å². The highest BCUT2D eigenvalue weighted by Crippen LogP contribution is 2.22. The first-order valence-electron chi connectivity index (χ1n) is 7.24. The first kappa shape index (κ1) is 16.0. The minimum absolute atomic E-state index is 0.0529. The molecule has 0 bridgehead atoms. The van der Waals surface area contributed by atoms with E-state index in [1.54, 1.807) is 6.07 Å². The van der Waals surface area contributed by atoms with Gasteiger partial charge in [0.25, 0.3) is 0 Å². The van der Waals surface area contributed by atoms with E-state index in [1.807, 2.05) is 13.0 Å². The number of unbranched alkanes of at least 4 members (excludes halogenated alkanes) is 4. The van der Waals surface area contributed by atoms with Gasteiger partial charge in [0.15, 0.2) is 0 Å². The molecule has 1 aromatic carbocycles. The molecule has 0 spiro atoms. The molecule has 1 rings (SSSR count). The maximum absolute atomic E-state index is 13.1. The Labute approximate surface area is 116 Å². The summed E-state index contributed by atoms with van der Waals surface area (Å²) in [6.07, 6.45) is 6.92. The van der Waals surface area contributed by atoms with Gasteiger partial charge in [-0.15, -0.1) is 0 Å². The molecular weight excluding hydrogens is 241 g/mol. The fraction of sp³-hybridized carbons (Fsp3) is 0.625. The Morgan fingerprint density at radius 1 is 1.21 bits per heavy atom. The molecule has 0 aliphatic rings. The van der Waals surface area contributed by atoms with Gasteiger partial charge in [0, 0.05) is 5.69 Å². The first-order valence-corrected chi connectivity index (χ1v) is 7.24. The van der Waals surface area contributed by atoms with E-state index in [0.29, 0.717) is 0 Å². The Morgan fingerprint density at radius 3 is 2.58 bits per heavy atom. The monoisotopic (exact) mass is 267 g/mol. The number of hydrogen-bond donors (Lipinski definition) is 2. The maximum Gasteiger partial charge on any atom is 0.125 e. The van der Waals surface area contributed by atoms with Crippen molar-refractivity contribution in [2.45, 2.75) is 57.9 Å². The van der Waals surface area contributed by atoms with E-state index in [4.69, 9.17) is 0 Å². The van der Waals surface area contributed by atoms with E-state index in [2.05, 4.69) is 12.2 Å². The van der Waals surface area contributed by atoms with Gasteiger partial charge in [0.1, 0.15) is 5.82 Å². The summed E-state index contributed by atoms with van der Waals surface area (Å²) in [5.41, 5.74) is 0.352. The lowest BCUT2D eigenvalue weighted by Gasteiger charge is -2.30. The molecule has 0 aliphatic heterocycles. The molecular formula is C16H26FNO. The summed E-state index contributed by atoms with van der Waals surface area (Å²) in [6.45, 7) is 4.23. The molecule has 0 aliphatic carbocycles. The molecule has 0 aromatic heterocycles. The van der Waals surface area contributed by atoms with Crippen LogP contribution in [0.5, 0.6) is 0 Å². The lowest BCUT2D eigenvalue weighted by molar-refractivity contribution is 0.211. The van der Waals surface area contributed by atoms with Crippen molar-refractivity contribution >= 4 is 5.69 Å². The predicted molar refractivity (Wildman–Crippen MR) is 78.9 cm³/mol. The number of hydrogen-bond acceptors (Lipinski definition) is 2. The summed E-state index contributed by atoms with van der Waals surface area (Å²) in [7, 11) is 0. The third-order valence-electron chi connectivity index (χ3n) is 3.45. The third kappa shape index (κ3) is 6.06. The van der Waals surface area contributed by atoms with Crippen LogP contribution in [0.1, 0.15) is 52.4 Å². The summed E-state index contributed by atoms with van der Waals surface area (Å²) in [6, 6.07) is 6.39. The van der Waals surface area contributed by atoms with Crippen LogP contribution in [-0.2, 0) is 0 Å². The lowest BCUT2D eigenvalue weighted by Crippen LogP contribution is -2.38. The maximum atomic E-state index is 13.1. The average molecular weight is 267 g/mol. The van der Waals surface area contributed by atoms with Crippen LogP contribution in [0.2, 0.25) is 0 Å². The van der Waals surface area contributed by atoms with E-state index in [-0.39, 0.29) is 18.0 Å². The second kappa shape index (κ2) is 8.16. The smallest absolute Gasteiger partial charge is 0.125 e. The van der Waals surface area contributed by atoms with Crippen LogP contribution in [0.3, 0.4) is 0 Å². The second-order valence-corrected chi connectivity index (χ2v) is 5.52. The summed E-state index contributed by atoms with van der Waals surface area (Å²) in [5.74, 6) is -0.256. The zero-order chi connectivity index (χ0) is 14.1. The van der Waals surface area contributed by atoms with E-state index in [0.717, 1.165) is 18.5 Å². The molecule has 2 N–H and O–H groups in total. The van der Waals surface area contributed by atoms with Crippen LogP contribution < -0.4 is 5.32 Å². The van der Waals surface area contributed by atoms with Gasteiger partial charge in [-0.05, 0) is 31.5 Å². The van der Waals surface area contributed by atoms with Gasteiger partial charge < -0.3 is 10.4 Å². The fourth-order valence-corrected chi connectivity index (χ4v) is 2.21. The highest BCUT2D eigenvalue weighted by atomic mass is 19.1. The van der Waals surface area contributed by atoms with Crippen molar-refractivity contribution in [1.29, 1.82) is 0 Å². The normalized spacial score (nSPS) is 14.1. The Kier molecular flexibility index (Phi) is 6.85. The number of halogens is 1. The van der Waals surface area contributed by atoms with E-state index < -0.39 is 0 Å². The highest BCUT2D eigenvalue weighted by molar-refractivity contribution is 5.45. The molecule has 0 radical (unpaired) electrons. The van der Waals surface area contributed by atoms with Crippen molar-refractivity contribution in [3.8, 4) is 0 Å². The highest BCUT2D eigenvalue weighted by Gasteiger charge is 2.22. The van der Waals surface area contributed by atoms with Crippen LogP contribution in [-0.4, -0.2) is 17.3 Å². The Bertz CT molecular complexity index is 370. The molecule has 2 nitrogen and oxygen atoms in total. The minimum Gasteiger partial charge on any atom is -0.394 e. The minimum atomic E-state index is -0.375. The average Bonchev–Trinajstić information content (AvgIpc) is 2.38. The summed E-state index contributed by atoms with van der Waals surface area (Å²) in [5, 5.41) is 12.8. The van der Waals surface area contributed by atoms with Crippen LogP contribution >= 0.6 is 0 Å². The van der Waals surface area contributed by atoms with E-state index in [9.17, 15) is 9.50 Å². The molecule has 1 unspecified atom stereocenters. The number of benzene rings is 1. The molecule has 0 fully saturated rings. The van der Waals surface area contributed by atoms with Crippen molar-refractivity contribution in [1.82, 2.24) is 0 Å². The van der Waals surface area contributed by atoms with Gasteiger partial charge in [0.05, 0.1) is 12.1 Å². The van der Waals surface area contributed by atoms with Crippen LogP contribution in [0.4, 0.5) is 10.1 Å². The molecule has 1 aromatic rings. The molecule has 0 saturated heterocycles. The number of nitrogens with one attached hydrogen (secondary N) is 1. The zero-order valence-electron chi connectivity index (χ0n) is 12.1. The Hall–Kier alpha value is -1.09. The molecule has 108 valence electrons. The van der Waals surface area contributed by atoms with Gasteiger partial charge >= 0.3 is 0 Å². The third-order valence-corrected chi connectivity index (χ3v) is 3.45. The Morgan fingerprint density at radius 2 is 1.95 bits per heavy atom. The van der Waals surface area contributed by atoms with Crippen LogP contribution in [0.15, 0.2) is 24.3 Å². The molecule has 3 heteroatoms. The quantitative estimate of drug-likeness (QED) is 0.652. The van der Waals surface area contributed by atoms with Gasteiger partial charge in [-0.2, -0.15) is 0 Å². The second-order valence-electron chi connectivity index (χ2n) is 5.52. The van der Waals surface area contributed by atoms with Gasteiger partial charge in [0.2, 0.25) is 0 Å². The van der Waals surface area contributed by atoms with Crippen molar-refractivity contribution in [3.63, 3.8) is 0 Å². The molecule has 0 amide bonds. The number of rotatable bonds is 9. The molecule has 19 heavy (non-hydrogen) atoms. The predicted octanol–water partition coefficient (Wildman–Crippen LogP) is 4.35. The summed E-state index contributed by atoms with van der Waals surface area (Å²) >= 11 is 0. The topological polar surface area (TPSA) is 32.3 Å². The zero-order valence-corrected chi connectivity index (χ0v) is 12.1.